The molecule has 0 aliphatic rings. The van der Waals surface area contributed by atoms with Gasteiger partial charge in [0.25, 0.3) is 0 Å². The Hall–Kier alpha value is -1.32. The topological polar surface area (TPSA) is 38.0 Å². The van der Waals surface area contributed by atoms with Gasteiger partial charge in [0.15, 0.2) is 0 Å². The Balaban J connectivity index is 1.92. The van der Waals surface area contributed by atoms with Crippen LogP contribution in [0.5, 0.6) is 0 Å². The zero-order valence-electron chi connectivity index (χ0n) is 12.2. The lowest BCUT2D eigenvalue weighted by Crippen LogP contribution is -2.12. The van der Waals surface area contributed by atoms with Crippen LogP contribution >= 0.6 is 11.6 Å². The summed E-state index contributed by atoms with van der Waals surface area (Å²) < 4.78 is 1.90. The van der Waals surface area contributed by atoms with Crippen molar-refractivity contribution >= 4 is 11.6 Å². The minimum absolute atomic E-state index is 0.338. The first-order valence-corrected chi connectivity index (χ1v) is 7.26. The molecule has 1 N–H and O–H groups in total. The summed E-state index contributed by atoms with van der Waals surface area (Å²) in [6.07, 6.45) is 1.93. The van der Waals surface area contributed by atoms with Gasteiger partial charge in [-0.25, -0.2) is 0 Å². The second-order valence-corrected chi connectivity index (χ2v) is 5.73. The maximum atomic E-state index is 10.2. The molecule has 1 aromatic heterocycles. The Labute approximate surface area is 125 Å². The normalized spacial score (nSPS) is 12.7. The second kappa shape index (κ2) is 6.42. The van der Waals surface area contributed by atoms with Crippen LogP contribution in [-0.2, 0) is 19.9 Å². The number of hydrogen-bond acceptors (Lipinski definition) is 2. The number of aliphatic hydroxyl groups excluding tert-OH is 1. The van der Waals surface area contributed by atoms with Gasteiger partial charge in [0.1, 0.15) is 0 Å². The van der Waals surface area contributed by atoms with E-state index in [9.17, 15) is 5.11 Å². The van der Waals surface area contributed by atoms with Crippen molar-refractivity contribution in [2.75, 3.05) is 0 Å². The van der Waals surface area contributed by atoms with Crippen LogP contribution in [0.25, 0.3) is 0 Å². The zero-order chi connectivity index (χ0) is 14.7. The Morgan fingerprint density at radius 2 is 1.90 bits per heavy atom. The molecular formula is C16H21ClN2O. The molecule has 1 atom stereocenters. The minimum atomic E-state index is -0.338. The average molecular weight is 293 g/mol. The summed E-state index contributed by atoms with van der Waals surface area (Å²) in [6.45, 7) is 4.09. The van der Waals surface area contributed by atoms with Crippen LogP contribution < -0.4 is 0 Å². The van der Waals surface area contributed by atoms with E-state index in [4.69, 9.17) is 11.6 Å². The SMILES string of the molecule is Cc1nn(C)c(C)c1CCC(O)Cc1ccc(Cl)cc1. The molecule has 1 unspecified atom stereocenters. The predicted molar refractivity (Wildman–Crippen MR) is 82.2 cm³/mol. The lowest BCUT2D eigenvalue weighted by atomic mass is 10.0. The molecule has 0 radical (unpaired) electrons. The molecule has 108 valence electrons. The Kier molecular flexibility index (Phi) is 4.84. The molecule has 0 aliphatic heterocycles. The van der Waals surface area contributed by atoms with Crippen molar-refractivity contribution in [3.05, 3.63) is 51.8 Å². The highest BCUT2D eigenvalue weighted by atomic mass is 35.5. The van der Waals surface area contributed by atoms with E-state index in [0.29, 0.717) is 6.42 Å². The van der Waals surface area contributed by atoms with Gasteiger partial charge in [-0.3, -0.25) is 4.68 Å². The number of hydrogen-bond donors (Lipinski definition) is 1. The average Bonchev–Trinajstić information content (AvgIpc) is 2.64. The highest BCUT2D eigenvalue weighted by Gasteiger charge is 2.12. The van der Waals surface area contributed by atoms with E-state index in [1.54, 1.807) is 0 Å². The van der Waals surface area contributed by atoms with Crippen LogP contribution in [0.15, 0.2) is 24.3 Å². The molecule has 3 nitrogen and oxygen atoms in total. The molecule has 0 saturated heterocycles. The lowest BCUT2D eigenvalue weighted by molar-refractivity contribution is 0.165. The molecule has 0 amide bonds. The van der Waals surface area contributed by atoms with Gasteiger partial charge in [-0.2, -0.15) is 5.10 Å². The van der Waals surface area contributed by atoms with E-state index in [1.807, 2.05) is 42.9 Å². The third kappa shape index (κ3) is 3.62. The fourth-order valence-corrected chi connectivity index (χ4v) is 2.61. The van der Waals surface area contributed by atoms with Gasteiger partial charge in [-0.15, -0.1) is 0 Å². The lowest BCUT2D eigenvalue weighted by Gasteiger charge is -2.11. The van der Waals surface area contributed by atoms with Crippen molar-refractivity contribution in [2.45, 2.75) is 39.2 Å². The molecule has 0 aliphatic carbocycles. The number of halogens is 1. The van der Waals surface area contributed by atoms with Gasteiger partial charge in [0.2, 0.25) is 0 Å². The van der Waals surface area contributed by atoms with Gasteiger partial charge in [-0.05, 0) is 56.4 Å². The molecule has 0 spiro atoms. The Bertz CT molecular complexity index is 575. The molecule has 1 heterocycles. The molecule has 2 aromatic rings. The van der Waals surface area contributed by atoms with E-state index in [0.717, 1.165) is 29.1 Å². The van der Waals surface area contributed by atoms with Crippen molar-refractivity contribution in [1.29, 1.82) is 0 Å². The van der Waals surface area contributed by atoms with Crippen LogP contribution in [-0.4, -0.2) is 21.0 Å². The van der Waals surface area contributed by atoms with Crippen LogP contribution in [0.3, 0.4) is 0 Å². The van der Waals surface area contributed by atoms with Gasteiger partial charge >= 0.3 is 0 Å². The molecule has 0 saturated carbocycles. The summed E-state index contributed by atoms with van der Waals surface area (Å²) in [5, 5.41) is 15.3. The van der Waals surface area contributed by atoms with Gasteiger partial charge in [0.05, 0.1) is 11.8 Å². The van der Waals surface area contributed by atoms with Crippen LogP contribution in [0, 0.1) is 13.8 Å². The zero-order valence-corrected chi connectivity index (χ0v) is 13.0. The summed E-state index contributed by atoms with van der Waals surface area (Å²) in [6, 6.07) is 7.65. The fourth-order valence-electron chi connectivity index (χ4n) is 2.48. The van der Waals surface area contributed by atoms with Crippen LogP contribution in [0.4, 0.5) is 0 Å². The van der Waals surface area contributed by atoms with Crippen LogP contribution in [0.1, 0.15) is 28.9 Å². The number of aliphatic hydroxyl groups is 1. The molecule has 20 heavy (non-hydrogen) atoms. The third-order valence-corrected chi connectivity index (χ3v) is 4.02. The standard InChI is InChI=1S/C16H21ClN2O/c1-11-16(12(2)19(3)18-11)9-8-15(20)10-13-4-6-14(17)7-5-13/h4-7,15,20H,8-10H2,1-3H3. The maximum Gasteiger partial charge on any atom is 0.0628 e. The van der Waals surface area contributed by atoms with Crippen molar-refractivity contribution < 1.29 is 5.11 Å². The molecule has 4 heteroatoms. The summed E-state index contributed by atoms with van der Waals surface area (Å²) >= 11 is 5.85. The van der Waals surface area contributed by atoms with E-state index >= 15 is 0 Å². The summed E-state index contributed by atoms with van der Waals surface area (Å²) in [4.78, 5) is 0. The molecule has 0 bridgehead atoms. The van der Waals surface area contributed by atoms with E-state index in [1.165, 1.54) is 11.3 Å². The predicted octanol–water partition coefficient (Wildman–Crippen LogP) is 3.23. The number of aromatic nitrogens is 2. The van der Waals surface area contributed by atoms with Crippen molar-refractivity contribution in [2.24, 2.45) is 7.05 Å². The maximum absolute atomic E-state index is 10.2. The Morgan fingerprint density at radius 3 is 2.45 bits per heavy atom. The molecular weight excluding hydrogens is 272 g/mol. The van der Waals surface area contributed by atoms with Crippen molar-refractivity contribution in [1.82, 2.24) is 9.78 Å². The third-order valence-electron chi connectivity index (χ3n) is 3.77. The molecule has 0 fully saturated rings. The molecule has 1 aromatic carbocycles. The number of aryl methyl sites for hydroxylation is 2. The van der Waals surface area contributed by atoms with Gasteiger partial charge < -0.3 is 5.11 Å². The summed E-state index contributed by atoms with van der Waals surface area (Å²) in [5.41, 5.74) is 4.61. The Morgan fingerprint density at radius 1 is 1.25 bits per heavy atom. The van der Waals surface area contributed by atoms with E-state index in [2.05, 4.69) is 12.0 Å². The van der Waals surface area contributed by atoms with E-state index < -0.39 is 0 Å². The highest BCUT2D eigenvalue weighted by Crippen LogP contribution is 2.17. The second-order valence-electron chi connectivity index (χ2n) is 5.30. The monoisotopic (exact) mass is 292 g/mol. The first-order chi connectivity index (χ1) is 9.47. The largest absolute Gasteiger partial charge is 0.393 e. The van der Waals surface area contributed by atoms with Gasteiger partial charge in [-0.1, -0.05) is 23.7 Å². The van der Waals surface area contributed by atoms with Crippen molar-refractivity contribution in [3.8, 4) is 0 Å². The van der Waals surface area contributed by atoms with Gasteiger partial charge in [0, 0.05) is 17.8 Å². The first-order valence-electron chi connectivity index (χ1n) is 6.89. The first kappa shape index (κ1) is 15.1. The molecule has 2 rings (SSSR count). The van der Waals surface area contributed by atoms with Crippen LogP contribution in [0.2, 0.25) is 5.02 Å². The summed E-state index contributed by atoms with van der Waals surface area (Å²) in [5.74, 6) is 0. The minimum Gasteiger partial charge on any atom is -0.393 e. The van der Waals surface area contributed by atoms with Crippen molar-refractivity contribution in [3.63, 3.8) is 0 Å². The number of rotatable bonds is 5. The highest BCUT2D eigenvalue weighted by molar-refractivity contribution is 6.30. The number of nitrogens with zero attached hydrogens (tertiary/aromatic N) is 2. The quantitative estimate of drug-likeness (QED) is 0.919. The smallest absolute Gasteiger partial charge is 0.0628 e. The number of benzene rings is 1. The van der Waals surface area contributed by atoms with E-state index in [-0.39, 0.29) is 6.10 Å². The fraction of sp³-hybridized carbons (Fsp3) is 0.438. The summed E-state index contributed by atoms with van der Waals surface area (Å²) in [7, 11) is 1.95.